The number of ether oxygens (including phenoxy) is 2. The predicted molar refractivity (Wildman–Crippen MR) is 143 cm³/mol. The average molecular weight is 474 g/mol. The van der Waals surface area contributed by atoms with Gasteiger partial charge in [0.1, 0.15) is 11.5 Å². The van der Waals surface area contributed by atoms with Gasteiger partial charge in [-0.15, -0.1) is 0 Å². The van der Waals surface area contributed by atoms with Crippen LogP contribution in [0.15, 0.2) is 78.9 Å². The lowest BCUT2D eigenvalue weighted by Crippen LogP contribution is -2.33. The molecule has 0 heterocycles. The van der Waals surface area contributed by atoms with Crippen molar-refractivity contribution in [3.8, 4) is 11.5 Å². The summed E-state index contributed by atoms with van der Waals surface area (Å²) in [5.41, 5.74) is 3.31. The third-order valence-electron chi connectivity index (χ3n) is 6.73. The molecular formula is C31H39NO3. The van der Waals surface area contributed by atoms with Crippen LogP contribution in [0.5, 0.6) is 11.5 Å². The Labute approximate surface area is 210 Å². The van der Waals surface area contributed by atoms with E-state index in [0.717, 1.165) is 29.9 Å². The van der Waals surface area contributed by atoms with E-state index in [9.17, 15) is 4.79 Å². The number of hydrogen-bond acceptors (Lipinski definition) is 3. The maximum absolute atomic E-state index is 13.0. The Kier molecular flexibility index (Phi) is 9.36. The second-order valence-corrected chi connectivity index (χ2v) is 9.63. The van der Waals surface area contributed by atoms with Crippen molar-refractivity contribution in [1.29, 1.82) is 0 Å². The van der Waals surface area contributed by atoms with Crippen LogP contribution in [0.1, 0.15) is 69.6 Å². The summed E-state index contributed by atoms with van der Waals surface area (Å²) in [6, 6.07) is 26.7. The van der Waals surface area contributed by atoms with Crippen LogP contribution in [0.4, 0.5) is 0 Å². The fraction of sp³-hybridized carbons (Fsp3) is 0.387. The van der Waals surface area contributed by atoms with E-state index in [1.165, 1.54) is 11.1 Å². The fourth-order valence-corrected chi connectivity index (χ4v) is 4.55. The summed E-state index contributed by atoms with van der Waals surface area (Å²) >= 11 is 0. The Morgan fingerprint density at radius 3 is 2.23 bits per heavy atom. The minimum absolute atomic E-state index is 0.0812. The summed E-state index contributed by atoms with van der Waals surface area (Å²) < 4.78 is 11.5. The smallest absolute Gasteiger partial charge is 0.220 e. The van der Waals surface area contributed by atoms with E-state index in [1.54, 1.807) is 7.11 Å². The average Bonchev–Trinajstić information content (AvgIpc) is 2.87. The van der Waals surface area contributed by atoms with Crippen molar-refractivity contribution in [1.82, 2.24) is 5.32 Å². The zero-order valence-corrected chi connectivity index (χ0v) is 21.7. The van der Waals surface area contributed by atoms with Gasteiger partial charge in [0.15, 0.2) is 0 Å². The molecule has 0 saturated carbocycles. The monoisotopic (exact) mass is 473 g/mol. The van der Waals surface area contributed by atoms with Gasteiger partial charge in [0.2, 0.25) is 5.91 Å². The van der Waals surface area contributed by atoms with E-state index in [1.807, 2.05) is 62.4 Å². The normalized spacial score (nSPS) is 13.7. The minimum atomic E-state index is -0.181. The molecule has 0 bridgehead atoms. The molecule has 0 aromatic heterocycles. The zero-order valence-electron chi connectivity index (χ0n) is 21.7. The molecule has 0 unspecified atom stereocenters. The first-order valence-electron chi connectivity index (χ1n) is 12.6. The molecule has 0 radical (unpaired) electrons. The summed E-state index contributed by atoms with van der Waals surface area (Å²) in [7, 11) is 1.70. The summed E-state index contributed by atoms with van der Waals surface area (Å²) in [5, 5.41) is 3.18. The molecule has 0 aliphatic heterocycles. The topological polar surface area (TPSA) is 47.6 Å². The third-order valence-corrected chi connectivity index (χ3v) is 6.73. The highest BCUT2D eigenvalue weighted by Crippen LogP contribution is 2.35. The van der Waals surface area contributed by atoms with Crippen LogP contribution >= 0.6 is 0 Å². The van der Waals surface area contributed by atoms with E-state index < -0.39 is 0 Å². The first-order chi connectivity index (χ1) is 16.9. The molecule has 3 aromatic carbocycles. The maximum Gasteiger partial charge on any atom is 0.220 e. The number of hydrogen-bond donors (Lipinski definition) is 1. The molecule has 0 aliphatic rings. The number of carbonyl (C=O) groups is 1. The molecule has 0 spiro atoms. The van der Waals surface area contributed by atoms with E-state index in [2.05, 4.69) is 49.5 Å². The highest BCUT2D eigenvalue weighted by Gasteiger charge is 2.28. The van der Waals surface area contributed by atoms with Crippen LogP contribution in [-0.2, 0) is 10.2 Å². The Morgan fingerprint density at radius 1 is 0.943 bits per heavy atom. The number of amides is 1. The molecule has 35 heavy (non-hydrogen) atoms. The van der Waals surface area contributed by atoms with Crippen molar-refractivity contribution in [3.63, 3.8) is 0 Å². The molecule has 1 amide bonds. The van der Waals surface area contributed by atoms with Crippen LogP contribution in [0.25, 0.3) is 0 Å². The number of nitrogens with one attached hydrogen (secondary N) is 1. The highest BCUT2D eigenvalue weighted by molar-refractivity contribution is 5.77. The molecule has 2 atom stereocenters. The van der Waals surface area contributed by atoms with Gasteiger partial charge in [0, 0.05) is 29.9 Å². The van der Waals surface area contributed by atoms with E-state index in [-0.39, 0.29) is 23.3 Å². The third kappa shape index (κ3) is 7.11. The van der Waals surface area contributed by atoms with Crippen molar-refractivity contribution in [2.24, 2.45) is 0 Å². The van der Waals surface area contributed by atoms with Gasteiger partial charge in [-0.05, 0) is 56.0 Å². The summed E-state index contributed by atoms with van der Waals surface area (Å²) in [6.07, 6.45) is 2.27. The van der Waals surface area contributed by atoms with E-state index in [4.69, 9.17) is 9.47 Å². The number of rotatable bonds is 12. The molecule has 3 aromatic rings. The molecule has 0 aliphatic carbocycles. The van der Waals surface area contributed by atoms with Crippen molar-refractivity contribution in [2.75, 3.05) is 13.7 Å². The van der Waals surface area contributed by atoms with Crippen LogP contribution in [-0.4, -0.2) is 25.7 Å². The second-order valence-electron chi connectivity index (χ2n) is 9.63. The zero-order chi connectivity index (χ0) is 25.3. The van der Waals surface area contributed by atoms with Crippen LogP contribution in [0, 0.1) is 0 Å². The molecule has 4 heteroatoms. The Morgan fingerprint density at radius 2 is 1.60 bits per heavy atom. The SMILES string of the molecule is CC[C@](C)(CC(=O)NCC[C@H](c1ccc(OC(C)C)cc1)c1ccccc1OC)c1ccccc1. The van der Waals surface area contributed by atoms with E-state index >= 15 is 0 Å². The standard InChI is InChI=1S/C31H39NO3/c1-6-31(4,25-12-8-7-9-13-25)22-30(33)32-21-20-27(28-14-10-11-15-29(28)34-5)24-16-18-26(19-17-24)35-23(2)3/h7-19,23,27H,6,20-22H2,1-5H3,(H,32,33)/t27-,31-/m1/s1. The second kappa shape index (κ2) is 12.4. The predicted octanol–water partition coefficient (Wildman–Crippen LogP) is 6.88. The molecular weight excluding hydrogens is 434 g/mol. The first-order valence-corrected chi connectivity index (χ1v) is 12.6. The summed E-state index contributed by atoms with van der Waals surface area (Å²) in [6.45, 7) is 8.94. The van der Waals surface area contributed by atoms with Gasteiger partial charge in [0.05, 0.1) is 13.2 Å². The van der Waals surface area contributed by atoms with Gasteiger partial charge in [-0.25, -0.2) is 0 Å². The fourth-order valence-electron chi connectivity index (χ4n) is 4.55. The van der Waals surface area contributed by atoms with E-state index in [0.29, 0.717) is 13.0 Å². The van der Waals surface area contributed by atoms with Crippen molar-refractivity contribution in [3.05, 3.63) is 95.6 Å². The van der Waals surface area contributed by atoms with Crippen molar-refractivity contribution >= 4 is 5.91 Å². The van der Waals surface area contributed by atoms with Crippen molar-refractivity contribution < 1.29 is 14.3 Å². The van der Waals surface area contributed by atoms with Gasteiger partial charge in [-0.3, -0.25) is 4.79 Å². The van der Waals surface area contributed by atoms with Gasteiger partial charge in [-0.1, -0.05) is 74.5 Å². The quantitative estimate of drug-likeness (QED) is 0.312. The summed E-state index contributed by atoms with van der Waals surface area (Å²) in [4.78, 5) is 13.0. The molecule has 0 fully saturated rings. The molecule has 186 valence electrons. The summed E-state index contributed by atoms with van der Waals surface area (Å²) in [5.74, 6) is 1.88. The number of methoxy groups -OCH3 is 1. The molecule has 0 saturated heterocycles. The Hall–Kier alpha value is -3.27. The highest BCUT2D eigenvalue weighted by atomic mass is 16.5. The lowest BCUT2D eigenvalue weighted by atomic mass is 9.77. The van der Waals surface area contributed by atoms with Gasteiger partial charge < -0.3 is 14.8 Å². The van der Waals surface area contributed by atoms with Gasteiger partial charge >= 0.3 is 0 Å². The molecule has 4 nitrogen and oxygen atoms in total. The van der Waals surface area contributed by atoms with Gasteiger partial charge in [0.25, 0.3) is 0 Å². The lowest BCUT2D eigenvalue weighted by molar-refractivity contribution is -0.122. The van der Waals surface area contributed by atoms with Gasteiger partial charge in [-0.2, -0.15) is 0 Å². The first kappa shape index (κ1) is 26.3. The van der Waals surface area contributed by atoms with Crippen LogP contribution in [0.3, 0.4) is 0 Å². The van der Waals surface area contributed by atoms with Crippen molar-refractivity contribution in [2.45, 2.75) is 64.4 Å². The number of para-hydroxylation sites is 1. The molecule has 1 N–H and O–H groups in total. The molecule has 3 rings (SSSR count). The lowest BCUT2D eigenvalue weighted by Gasteiger charge is -2.28. The maximum atomic E-state index is 13.0. The van der Waals surface area contributed by atoms with Crippen LogP contribution < -0.4 is 14.8 Å². The van der Waals surface area contributed by atoms with Crippen LogP contribution in [0.2, 0.25) is 0 Å². The number of carbonyl (C=O) groups excluding carboxylic acids is 1. The largest absolute Gasteiger partial charge is 0.496 e. The number of benzene rings is 3. The Balaban J connectivity index is 1.73. The minimum Gasteiger partial charge on any atom is -0.496 e. The Bertz CT molecular complexity index is 1060.